The van der Waals surface area contributed by atoms with Crippen molar-refractivity contribution >= 4 is 21.5 Å². The van der Waals surface area contributed by atoms with Gasteiger partial charge in [-0.15, -0.1) is 0 Å². The van der Waals surface area contributed by atoms with Crippen molar-refractivity contribution in [2.24, 2.45) is 0 Å². The number of hydrogen-bond acceptors (Lipinski definition) is 6. The second-order valence-corrected chi connectivity index (χ2v) is 6.45. The first-order valence-electron chi connectivity index (χ1n) is 5.57. The molecule has 1 aliphatic rings. The summed E-state index contributed by atoms with van der Waals surface area (Å²) in [5.74, 6) is 1.66. The summed E-state index contributed by atoms with van der Waals surface area (Å²) < 4.78 is 23.2. The van der Waals surface area contributed by atoms with Crippen LogP contribution in [-0.2, 0) is 9.84 Å². The van der Waals surface area contributed by atoms with E-state index in [1.807, 2.05) is 0 Å². The third-order valence-electron chi connectivity index (χ3n) is 2.90. The highest BCUT2D eigenvalue weighted by molar-refractivity contribution is 7.92. The van der Waals surface area contributed by atoms with Gasteiger partial charge in [-0.2, -0.15) is 0 Å². The molecule has 1 unspecified atom stereocenters. The van der Waals surface area contributed by atoms with Crippen LogP contribution < -0.4 is 10.6 Å². The first-order chi connectivity index (χ1) is 8.12. The van der Waals surface area contributed by atoms with Crippen LogP contribution in [-0.4, -0.2) is 43.0 Å². The lowest BCUT2D eigenvalue weighted by molar-refractivity contribution is 0.591. The van der Waals surface area contributed by atoms with E-state index >= 15 is 0 Å². The zero-order valence-corrected chi connectivity index (χ0v) is 10.5. The Bertz CT molecular complexity index is 489. The van der Waals surface area contributed by atoms with E-state index in [0.29, 0.717) is 23.9 Å². The second-order valence-electron chi connectivity index (χ2n) is 4.05. The summed E-state index contributed by atoms with van der Waals surface area (Å²) in [7, 11) is -1.12. The number of nitrogens with zero attached hydrogens (tertiary/aromatic N) is 2. The van der Waals surface area contributed by atoms with E-state index in [9.17, 15) is 8.42 Å². The summed E-state index contributed by atoms with van der Waals surface area (Å²) in [5.41, 5.74) is 0. The van der Waals surface area contributed by atoms with Gasteiger partial charge in [0.15, 0.2) is 9.84 Å². The summed E-state index contributed by atoms with van der Waals surface area (Å²) in [4.78, 5) is 8.02. The Labute approximate surface area is 101 Å². The monoisotopic (exact) mass is 256 g/mol. The molecule has 94 valence electrons. The molecule has 1 fully saturated rings. The van der Waals surface area contributed by atoms with E-state index in [1.165, 1.54) is 6.33 Å². The van der Waals surface area contributed by atoms with Gasteiger partial charge in [-0.05, 0) is 12.8 Å². The standard InChI is InChI=1S/C10H16N4O2S/c1-11-9-5-10(14-7-13-9)12-6-8-3-2-4-17(8,15)16/h5,7-8H,2-4,6H2,1H3,(H2,11,12,13,14). The van der Waals surface area contributed by atoms with Crippen LogP contribution in [0, 0.1) is 0 Å². The fourth-order valence-corrected chi connectivity index (χ4v) is 3.66. The Balaban J connectivity index is 1.98. The molecule has 17 heavy (non-hydrogen) atoms. The molecular weight excluding hydrogens is 240 g/mol. The molecule has 0 bridgehead atoms. The quantitative estimate of drug-likeness (QED) is 0.816. The third kappa shape index (κ3) is 2.85. The summed E-state index contributed by atoms with van der Waals surface area (Å²) in [5, 5.41) is 5.67. The molecule has 1 saturated heterocycles. The Morgan fingerprint density at radius 3 is 2.82 bits per heavy atom. The molecular formula is C10H16N4O2S. The number of nitrogens with one attached hydrogen (secondary N) is 2. The molecule has 2 heterocycles. The van der Waals surface area contributed by atoms with Crippen molar-refractivity contribution in [2.75, 3.05) is 30.0 Å². The van der Waals surface area contributed by atoms with Gasteiger partial charge in [-0.3, -0.25) is 0 Å². The van der Waals surface area contributed by atoms with Gasteiger partial charge in [0.1, 0.15) is 18.0 Å². The second kappa shape index (κ2) is 4.87. The summed E-state index contributed by atoms with van der Waals surface area (Å²) in [6.45, 7) is 0.419. The van der Waals surface area contributed by atoms with Crippen LogP contribution >= 0.6 is 0 Å². The number of sulfone groups is 1. The molecule has 6 nitrogen and oxygen atoms in total. The molecule has 0 saturated carbocycles. The first kappa shape index (κ1) is 12.1. The minimum atomic E-state index is -2.89. The van der Waals surface area contributed by atoms with Gasteiger partial charge >= 0.3 is 0 Å². The molecule has 0 radical (unpaired) electrons. The molecule has 0 spiro atoms. The van der Waals surface area contributed by atoms with Crippen LogP contribution in [0.4, 0.5) is 11.6 Å². The molecule has 1 aliphatic heterocycles. The molecule has 2 N–H and O–H groups in total. The summed E-state index contributed by atoms with van der Waals surface area (Å²) in [6.07, 6.45) is 2.94. The van der Waals surface area contributed by atoms with E-state index in [4.69, 9.17) is 0 Å². The van der Waals surface area contributed by atoms with E-state index < -0.39 is 9.84 Å². The van der Waals surface area contributed by atoms with E-state index in [2.05, 4.69) is 20.6 Å². The first-order valence-corrected chi connectivity index (χ1v) is 7.28. The van der Waals surface area contributed by atoms with Gasteiger partial charge < -0.3 is 10.6 Å². The topological polar surface area (TPSA) is 84.0 Å². The molecule has 1 aromatic heterocycles. The van der Waals surface area contributed by atoms with Crippen molar-refractivity contribution in [2.45, 2.75) is 18.1 Å². The minimum absolute atomic E-state index is 0.282. The molecule has 7 heteroatoms. The molecule has 2 rings (SSSR count). The summed E-state index contributed by atoms with van der Waals surface area (Å²) in [6, 6.07) is 1.75. The fourth-order valence-electron chi connectivity index (χ4n) is 1.90. The average Bonchev–Trinajstić information content (AvgIpc) is 2.66. The predicted octanol–water partition coefficient (Wildman–Crippen LogP) is 0.507. The Hall–Kier alpha value is -1.37. The van der Waals surface area contributed by atoms with Crippen molar-refractivity contribution < 1.29 is 8.42 Å². The van der Waals surface area contributed by atoms with Crippen LogP contribution in [0.2, 0.25) is 0 Å². The highest BCUT2D eigenvalue weighted by Crippen LogP contribution is 2.20. The Morgan fingerprint density at radius 1 is 1.41 bits per heavy atom. The van der Waals surface area contributed by atoms with Crippen LogP contribution in [0.3, 0.4) is 0 Å². The van der Waals surface area contributed by atoms with Gasteiger partial charge in [0.2, 0.25) is 0 Å². The van der Waals surface area contributed by atoms with E-state index in [1.54, 1.807) is 13.1 Å². The van der Waals surface area contributed by atoms with Crippen LogP contribution in [0.25, 0.3) is 0 Å². The number of rotatable bonds is 4. The van der Waals surface area contributed by atoms with Gasteiger partial charge in [0, 0.05) is 19.7 Å². The molecule has 1 aromatic rings. The minimum Gasteiger partial charge on any atom is -0.373 e. The molecule has 0 aromatic carbocycles. The largest absolute Gasteiger partial charge is 0.373 e. The summed E-state index contributed by atoms with van der Waals surface area (Å²) >= 11 is 0. The zero-order valence-electron chi connectivity index (χ0n) is 9.68. The highest BCUT2D eigenvalue weighted by Gasteiger charge is 2.30. The SMILES string of the molecule is CNc1cc(NCC2CCCS2(=O)=O)ncn1. The molecule has 0 aliphatic carbocycles. The number of aromatic nitrogens is 2. The predicted molar refractivity (Wildman–Crippen MR) is 66.9 cm³/mol. The average molecular weight is 256 g/mol. The smallest absolute Gasteiger partial charge is 0.154 e. The van der Waals surface area contributed by atoms with Crippen molar-refractivity contribution in [1.82, 2.24) is 9.97 Å². The lowest BCUT2D eigenvalue weighted by Crippen LogP contribution is -2.25. The van der Waals surface area contributed by atoms with Gasteiger partial charge in [-0.25, -0.2) is 18.4 Å². The lowest BCUT2D eigenvalue weighted by Gasteiger charge is -2.11. The van der Waals surface area contributed by atoms with Crippen molar-refractivity contribution in [3.8, 4) is 0 Å². The zero-order chi connectivity index (χ0) is 12.3. The number of anilines is 2. The van der Waals surface area contributed by atoms with Gasteiger partial charge in [0.05, 0.1) is 11.0 Å². The van der Waals surface area contributed by atoms with Crippen molar-refractivity contribution in [3.63, 3.8) is 0 Å². The highest BCUT2D eigenvalue weighted by atomic mass is 32.2. The maximum atomic E-state index is 11.6. The Morgan fingerprint density at radius 2 is 2.18 bits per heavy atom. The van der Waals surface area contributed by atoms with Crippen LogP contribution in [0.1, 0.15) is 12.8 Å². The number of hydrogen-bond donors (Lipinski definition) is 2. The fraction of sp³-hybridized carbons (Fsp3) is 0.600. The maximum absolute atomic E-state index is 11.6. The lowest BCUT2D eigenvalue weighted by atomic mass is 10.2. The maximum Gasteiger partial charge on any atom is 0.154 e. The normalized spacial score (nSPS) is 22.3. The van der Waals surface area contributed by atoms with Crippen LogP contribution in [0.15, 0.2) is 12.4 Å². The van der Waals surface area contributed by atoms with Crippen LogP contribution in [0.5, 0.6) is 0 Å². The van der Waals surface area contributed by atoms with E-state index in [0.717, 1.165) is 12.8 Å². The van der Waals surface area contributed by atoms with E-state index in [-0.39, 0.29) is 5.25 Å². The van der Waals surface area contributed by atoms with Gasteiger partial charge in [-0.1, -0.05) is 0 Å². The Kier molecular flexibility index (Phi) is 3.46. The van der Waals surface area contributed by atoms with Crippen molar-refractivity contribution in [1.29, 1.82) is 0 Å². The van der Waals surface area contributed by atoms with Crippen molar-refractivity contribution in [3.05, 3.63) is 12.4 Å². The third-order valence-corrected chi connectivity index (χ3v) is 5.17. The molecule has 1 atom stereocenters. The van der Waals surface area contributed by atoms with Gasteiger partial charge in [0.25, 0.3) is 0 Å². The molecule has 0 amide bonds.